The molecule has 0 heterocycles. The summed E-state index contributed by atoms with van der Waals surface area (Å²) in [4.78, 5) is 10.4. The van der Waals surface area contributed by atoms with Crippen LogP contribution in [0.4, 0.5) is 5.69 Å². The topological polar surface area (TPSA) is 95.6 Å². The third kappa shape index (κ3) is 2.14. The quantitative estimate of drug-likeness (QED) is 0.442. The number of nitrogen functional groups attached to an aromatic ring is 1. The van der Waals surface area contributed by atoms with Gasteiger partial charge < -0.3 is 15.6 Å². The van der Waals surface area contributed by atoms with Gasteiger partial charge in [-0.2, -0.15) is 0 Å². The molecule has 1 atom stereocenters. The number of hydrogen-bond donors (Lipinski definition) is 4. The summed E-state index contributed by atoms with van der Waals surface area (Å²) < 4.78 is 0. The predicted molar refractivity (Wildman–Crippen MR) is 51.9 cm³/mol. The molecule has 1 aromatic rings. The summed E-state index contributed by atoms with van der Waals surface area (Å²) in [7, 11) is 0. The van der Waals surface area contributed by atoms with Gasteiger partial charge in [0.15, 0.2) is 6.10 Å². The van der Waals surface area contributed by atoms with E-state index in [1.54, 1.807) is 0 Å². The summed E-state index contributed by atoms with van der Waals surface area (Å²) in [6.07, 6.45) is -1.57. The maximum absolute atomic E-state index is 10.4. The summed E-state index contributed by atoms with van der Waals surface area (Å²) in [5, 5.41) is 18.1. The van der Waals surface area contributed by atoms with Crippen LogP contribution in [-0.2, 0) is 4.79 Å². The molecule has 1 rings (SSSR count). The Balaban J connectivity index is 3.06. The van der Waals surface area contributed by atoms with Crippen LogP contribution in [0.25, 0.3) is 0 Å². The van der Waals surface area contributed by atoms with Crippen molar-refractivity contribution in [3.8, 4) is 0 Å². The van der Waals surface area contributed by atoms with Gasteiger partial charge >= 0.3 is 5.97 Å². The third-order valence-electron chi connectivity index (χ3n) is 1.70. The van der Waals surface area contributed by atoms with E-state index >= 15 is 0 Å². The van der Waals surface area contributed by atoms with Crippen LogP contribution < -0.4 is 11.3 Å². The van der Waals surface area contributed by atoms with Crippen molar-refractivity contribution in [1.29, 1.82) is 0 Å². The molecule has 0 radical (unpaired) electrons. The molecule has 6 heteroatoms. The highest BCUT2D eigenvalue weighted by molar-refractivity contribution is 6.33. The minimum atomic E-state index is -1.57. The van der Waals surface area contributed by atoms with E-state index in [1.807, 2.05) is 0 Å². The fourth-order valence-electron chi connectivity index (χ4n) is 0.966. The third-order valence-corrected chi connectivity index (χ3v) is 2.03. The largest absolute Gasteiger partial charge is 0.479 e. The second-order valence-electron chi connectivity index (χ2n) is 2.62. The van der Waals surface area contributed by atoms with Crippen molar-refractivity contribution in [3.63, 3.8) is 0 Å². The highest BCUT2D eigenvalue weighted by Gasteiger charge is 2.16. The molecular formula is C8H9ClN2O3. The van der Waals surface area contributed by atoms with Crippen molar-refractivity contribution >= 4 is 23.3 Å². The number of hydrogen-bond acceptors (Lipinski definition) is 4. The van der Waals surface area contributed by atoms with Crippen molar-refractivity contribution in [2.45, 2.75) is 6.10 Å². The lowest BCUT2D eigenvalue weighted by atomic mass is 10.1. The zero-order valence-electron chi connectivity index (χ0n) is 7.07. The standard InChI is InChI=1S/C8H9ClN2O3/c9-5-2-1-4(3-6(5)11-10)7(12)8(13)14/h1-3,7,11-12H,10H2,(H,13,14). The highest BCUT2D eigenvalue weighted by atomic mass is 35.5. The van der Waals surface area contributed by atoms with E-state index in [-0.39, 0.29) is 5.56 Å². The lowest BCUT2D eigenvalue weighted by Crippen LogP contribution is -2.12. The minimum absolute atomic E-state index is 0.217. The summed E-state index contributed by atoms with van der Waals surface area (Å²) in [5.41, 5.74) is 2.88. The summed E-state index contributed by atoms with van der Waals surface area (Å²) in [6, 6.07) is 4.25. The molecule has 0 amide bonds. The first-order chi connectivity index (χ1) is 6.56. The van der Waals surface area contributed by atoms with Crippen LogP contribution in [0, 0.1) is 0 Å². The molecule has 1 unspecified atom stereocenters. The molecule has 0 aliphatic rings. The molecular weight excluding hydrogens is 208 g/mol. The fourth-order valence-corrected chi connectivity index (χ4v) is 1.14. The second kappa shape index (κ2) is 4.28. The first kappa shape index (κ1) is 10.8. The average Bonchev–Trinajstić information content (AvgIpc) is 2.17. The Morgan fingerprint density at radius 1 is 1.57 bits per heavy atom. The Hall–Kier alpha value is -1.30. The smallest absolute Gasteiger partial charge is 0.337 e. The maximum atomic E-state index is 10.4. The molecule has 0 bridgehead atoms. The number of aliphatic hydroxyl groups excluding tert-OH is 1. The Labute approximate surface area is 85.1 Å². The average molecular weight is 217 g/mol. The van der Waals surface area contributed by atoms with Crippen molar-refractivity contribution in [2.75, 3.05) is 5.43 Å². The second-order valence-corrected chi connectivity index (χ2v) is 3.03. The maximum Gasteiger partial charge on any atom is 0.337 e. The van der Waals surface area contributed by atoms with Gasteiger partial charge in [-0.05, 0) is 17.7 Å². The molecule has 0 saturated heterocycles. The lowest BCUT2D eigenvalue weighted by molar-refractivity contribution is -0.146. The van der Waals surface area contributed by atoms with E-state index in [2.05, 4.69) is 5.43 Å². The van der Waals surface area contributed by atoms with Crippen molar-refractivity contribution in [2.24, 2.45) is 5.84 Å². The minimum Gasteiger partial charge on any atom is -0.479 e. The Kier molecular flexibility index (Phi) is 3.29. The molecule has 0 fully saturated rings. The molecule has 5 N–H and O–H groups in total. The van der Waals surface area contributed by atoms with Gasteiger partial charge in [0.05, 0.1) is 10.7 Å². The normalized spacial score (nSPS) is 12.2. The van der Waals surface area contributed by atoms with Crippen LogP contribution >= 0.6 is 11.6 Å². The number of nitrogens with one attached hydrogen (secondary N) is 1. The predicted octanol–water partition coefficient (Wildman–Crippen LogP) is 0.744. The van der Waals surface area contributed by atoms with Gasteiger partial charge in [-0.15, -0.1) is 0 Å². The molecule has 0 aliphatic carbocycles. The van der Waals surface area contributed by atoms with E-state index < -0.39 is 12.1 Å². The molecule has 0 spiro atoms. The van der Waals surface area contributed by atoms with Gasteiger partial charge in [0.1, 0.15) is 0 Å². The Morgan fingerprint density at radius 3 is 2.71 bits per heavy atom. The van der Waals surface area contributed by atoms with Crippen molar-refractivity contribution < 1.29 is 15.0 Å². The Bertz CT molecular complexity index is 356. The fraction of sp³-hybridized carbons (Fsp3) is 0.125. The zero-order chi connectivity index (χ0) is 10.7. The first-order valence-electron chi connectivity index (χ1n) is 3.73. The van der Waals surface area contributed by atoms with E-state index in [9.17, 15) is 9.90 Å². The molecule has 5 nitrogen and oxygen atoms in total. The zero-order valence-corrected chi connectivity index (χ0v) is 7.82. The number of halogens is 1. The van der Waals surface area contributed by atoms with Gasteiger partial charge in [-0.3, -0.25) is 5.84 Å². The van der Waals surface area contributed by atoms with Crippen LogP contribution in [0.2, 0.25) is 5.02 Å². The molecule has 14 heavy (non-hydrogen) atoms. The summed E-state index contributed by atoms with van der Waals surface area (Å²) >= 11 is 5.71. The van der Waals surface area contributed by atoms with E-state index in [0.29, 0.717) is 10.7 Å². The van der Waals surface area contributed by atoms with Gasteiger partial charge in [0, 0.05) is 0 Å². The van der Waals surface area contributed by atoms with Gasteiger partial charge in [-0.1, -0.05) is 17.7 Å². The SMILES string of the molecule is NNc1cc(C(O)C(=O)O)ccc1Cl. The molecule has 0 aromatic heterocycles. The number of aliphatic hydroxyl groups is 1. The first-order valence-corrected chi connectivity index (χ1v) is 4.11. The van der Waals surface area contributed by atoms with Crippen molar-refractivity contribution in [3.05, 3.63) is 28.8 Å². The number of nitrogens with two attached hydrogens (primary N) is 1. The molecule has 1 aromatic carbocycles. The number of rotatable bonds is 3. The summed E-state index contributed by atoms with van der Waals surface area (Å²) in [6.45, 7) is 0. The van der Waals surface area contributed by atoms with E-state index in [0.717, 1.165) is 0 Å². The van der Waals surface area contributed by atoms with E-state index in [4.69, 9.17) is 22.6 Å². The van der Waals surface area contributed by atoms with Gasteiger partial charge in [0.2, 0.25) is 0 Å². The lowest BCUT2D eigenvalue weighted by Gasteiger charge is -2.09. The number of anilines is 1. The molecule has 0 saturated carbocycles. The monoisotopic (exact) mass is 216 g/mol. The highest BCUT2D eigenvalue weighted by Crippen LogP contribution is 2.25. The number of aliphatic carboxylic acids is 1. The van der Waals surface area contributed by atoms with Crippen LogP contribution in [0.5, 0.6) is 0 Å². The number of carboxylic acids is 1. The van der Waals surface area contributed by atoms with Gasteiger partial charge in [0.25, 0.3) is 0 Å². The van der Waals surface area contributed by atoms with Gasteiger partial charge in [-0.25, -0.2) is 4.79 Å². The Morgan fingerprint density at radius 2 is 2.21 bits per heavy atom. The number of benzene rings is 1. The number of carbonyl (C=O) groups is 1. The number of carboxylic acid groups (broad SMARTS) is 1. The molecule has 76 valence electrons. The van der Waals surface area contributed by atoms with Crippen LogP contribution in [0.1, 0.15) is 11.7 Å². The molecule has 0 aliphatic heterocycles. The van der Waals surface area contributed by atoms with Crippen molar-refractivity contribution in [1.82, 2.24) is 0 Å². The van der Waals surface area contributed by atoms with Crippen LogP contribution in [-0.4, -0.2) is 16.2 Å². The van der Waals surface area contributed by atoms with Crippen LogP contribution in [0.3, 0.4) is 0 Å². The van der Waals surface area contributed by atoms with E-state index in [1.165, 1.54) is 18.2 Å². The summed E-state index contributed by atoms with van der Waals surface area (Å²) in [5.74, 6) is 3.81. The van der Waals surface area contributed by atoms with Crippen LogP contribution in [0.15, 0.2) is 18.2 Å². The number of hydrazine groups is 1.